The highest BCUT2D eigenvalue weighted by molar-refractivity contribution is 7.98. The third kappa shape index (κ3) is 2.95. The minimum Gasteiger partial charge on any atom is -0.383 e. The lowest BCUT2D eigenvalue weighted by Gasteiger charge is -2.13. The van der Waals surface area contributed by atoms with Gasteiger partial charge in [0, 0.05) is 0 Å². The van der Waals surface area contributed by atoms with E-state index in [9.17, 15) is 13.2 Å². The van der Waals surface area contributed by atoms with Crippen LogP contribution in [0.2, 0.25) is 10.0 Å². The molecular formula is C12H10Cl2F3N3S. The molecule has 21 heavy (non-hydrogen) atoms. The molecule has 0 aliphatic rings. The zero-order valence-electron chi connectivity index (χ0n) is 10.9. The third-order valence-corrected chi connectivity index (χ3v) is 4.29. The molecule has 0 fully saturated rings. The number of aromatic nitrogens is 2. The van der Waals surface area contributed by atoms with Crippen molar-refractivity contribution in [2.75, 3.05) is 12.0 Å². The Morgan fingerprint density at radius 2 is 1.76 bits per heavy atom. The minimum absolute atomic E-state index is 0.132. The average Bonchev–Trinajstić information content (AvgIpc) is 2.62. The van der Waals surface area contributed by atoms with E-state index in [1.807, 2.05) is 6.26 Å². The van der Waals surface area contributed by atoms with E-state index in [1.54, 1.807) is 6.92 Å². The summed E-state index contributed by atoms with van der Waals surface area (Å²) in [5, 5.41) is 3.85. The number of aryl methyl sites for hydroxylation is 1. The summed E-state index contributed by atoms with van der Waals surface area (Å²) in [5.41, 5.74) is 5.80. The van der Waals surface area contributed by atoms with Crippen molar-refractivity contribution in [1.29, 1.82) is 0 Å². The van der Waals surface area contributed by atoms with Crippen LogP contribution in [0, 0.1) is 6.92 Å². The second kappa shape index (κ2) is 5.62. The van der Waals surface area contributed by atoms with Crippen LogP contribution >= 0.6 is 35.0 Å². The summed E-state index contributed by atoms with van der Waals surface area (Å²) in [6.45, 7) is 1.74. The Bertz CT molecular complexity index is 675. The van der Waals surface area contributed by atoms with Crippen LogP contribution in [0.5, 0.6) is 0 Å². The molecule has 1 heterocycles. The number of thioether (sulfide) groups is 1. The summed E-state index contributed by atoms with van der Waals surface area (Å²) in [6.07, 6.45) is -2.71. The minimum atomic E-state index is -4.53. The zero-order valence-corrected chi connectivity index (χ0v) is 13.3. The van der Waals surface area contributed by atoms with Crippen molar-refractivity contribution in [3.05, 3.63) is 33.4 Å². The Hall–Kier alpha value is -1.05. The fourth-order valence-corrected chi connectivity index (χ4v) is 3.16. The van der Waals surface area contributed by atoms with Crippen molar-refractivity contribution in [1.82, 2.24) is 9.78 Å². The first-order valence-corrected chi connectivity index (χ1v) is 7.60. The summed E-state index contributed by atoms with van der Waals surface area (Å²) >= 11 is 13.3. The van der Waals surface area contributed by atoms with E-state index < -0.39 is 11.7 Å². The van der Waals surface area contributed by atoms with E-state index in [0.717, 1.165) is 17.0 Å². The predicted molar refractivity (Wildman–Crippen MR) is 79.5 cm³/mol. The number of halogens is 5. The molecule has 2 aromatic rings. The Morgan fingerprint density at radius 1 is 1.24 bits per heavy atom. The van der Waals surface area contributed by atoms with Gasteiger partial charge in [0.05, 0.1) is 26.2 Å². The van der Waals surface area contributed by atoms with E-state index in [2.05, 4.69) is 5.10 Å². The second-order valence-corrected chi connectivity index (χ2v) is 5.83. The van der Waals surface area contributed by atoms with Crippen LogP contribution in [-0.4, -0.2) is 16.0 Å². The number of nitrogens with zero attached hydrogens (tertiary/aromatic N) is 2. The van der Waals surface area contributed by atoms with Crippen LogP contribution in [0.4, 0.5) is 19.0 Å². The van der Waals surface area contributed by atoms with Gasteiger partial charge in [-0.15, -0.1) is 11.8 Å². The van der Waals surface area contributed by atoms with Gasteiger partial charge >= 0.3 is 6.18 Å². The van der Waals surface area contributed by atoms with E-state index in [4.69, 9.17) is 28.9 Å². The molecule has 0 radical (unpaired) electrons. The van der Waals surface area contributed by atoms with E-state index in [0.29, 0.717) is 5.69 Å². The molecular weight excluding hydrogens is 346 g/mol. The molecule has 0 unspecified atom stereocenters. The SMILES string of the molecule is CSc1c(C)nn(-c2c(Cl)cc(C(F)(F)F)cc2Cl)c1N. The first kappa shape index (κ1) is 16.3. The smallest absolute Gasteiger partial charge is 0.383 e. The molecule has 1 aromatic heterocycles. The van der Waals surface area contributed by atoms with Crippen molar-refractivity contribution < 1.29 is 13.2 Å². The molecule has 9 heteroatoms. The summed E-state index contributed by atoms with van der Waals surface area (Å²) in [7, 11) is 0. The van der Waals surface area contributed by atoms with Crippen LogP contribution in [0.3, 0.4) is 0 Å². The van der Waals surface area contributed by atoms with Crippen molar-refractivity contribution in [3.8, 4) is 5.69 Å². The fourth-order valence-electron chi connectivity index (χ4n) is 1.89. The number of nitrogen functional groups attached to an aromatic ring is 1. The highest BCUT2D eigenvalue weighted by atomic mass is 35.5. The molecule has 3 nitrogen and oxygen atoms in total. The van der Waals surface area contributed by atoms with Gasteiger partial charge in [-0.25, -0.2) is 4.68 Å². The number of benzene rings is 1. The molecule has 0 bridgehead atoms. The second-order valence-electron chi connectivity index (χ2n) is 4.20. The van der Waals surface area contributed by atoms with Crippen LogP contribution in [-0.2, 0) is 6.18 Å². The average molecular weight is 356 g/mol. The first-order chi connectivity index (χ1) is 9.66. The standard InChI is InChI=1S/C12H10Cl2F3N3S/c1-5-10(21-2)11(18)20(19-5)9-7(13)3-6(4-8(9)14)12(15,16)17/h3-4H,18H2,1-2H3. The molecule has 0 amide bonds. The number of hydrogen-bond acceptors (Lipinski definition) is 3. The maximum Gasteiger partial charge on any atom is 0.416 e. The van der Waals surface area contributed by atoms with Gasteiger partial charge in [-0.05, 0) is 25.3 Å². The fraction of sp³-hybridized carbons (Fsp3) is 0.250. The Labute approximate surface area is 133 Å². The number of hydrogen-bond donors (Lipinski definition) is 1. The van der Waals surface area contributed by atoms with Gasteiger partial charge in [0.15, 0.2) is 0 Å². The predicted octanol–water partition coefficient (Wildman–Crippen LogP) is 4.81. The molecule has 1 aromatic carbocycles. The highest BCUT2D eigenvalue weighted by Gasteiger charge is 2.32. The lowest BCUT2D eigenvalue weighted by molar-refractivity contribution is -0.137. The van der Waals surface area contributed by atoms with Crippen LogP contribution < -0.4 is 5.73 Å². The topological polar surface area (TPSA) is 43.8 Å². The van der Waals surface area contributed by atoms with E-state index >= 15 is 0 Å². The lowest BCUT2D eigenvalue weighted by atomic mass is 10.2. The van der Waals surface area contributed by atoms with Crippen LogP contribution in [0.1, 0.15) is 11.3 Å². The van der Waals surface area contributed by atoms with E-state index in [1.165, 1.54) is 16.4 Å². The van der Waals surface area contributed by atoms with Gasteiger partial charge in [-0.2, -0.15) is 18.3 Å². The van der Waals surface area contributed by atoms with Crippen molar-refractivity contribution >= 4 is 40.8 Å². The third-order valence-electron chi connectivity index (χ3n) is 2.80. The molecule has 0 aliphatic carbocycles. The normalized spacial score (nSPS) is 12.0. The first-order valence-electron chi connectivity index (χ1n) is 5.62. The number of alkyl halides is 3. The highest BCUT2D eigenvalue weighted by Crippen LogP contribution is 2.39. The quantitative estimate of drug-likeness (QED) is 0.786. The maximum atomic E-state index is 12.7. The number of rotatable bonds is 2. The summed E-state index contributed by atoms with van der Waals surface area (Å²) < 4.78 is 39.4. The molecule has 114 valence electrons. The molecule has 0 saturated heterocycles. The Kier molecular flexibility index (Phi) is 4.37. The van der Waals surface area contributed by atoms with Crippen LogP contribution in [0.15, 0.2) is 17.0 Å². The molecule has 2 N–H and O–H groups in total. The molecule has 0 aliphatic heterocycles. The molecule has 0 atom stereocenters. The van der Waals surface area contributed by atoms with Gasteiger partial charge in [-0.1, -0.05) is 23.2 Å². The molecule has 0 saturated carbocycles. The Morgan fingerprint density at radius 3 is 2.14 bits per heavy atom. The van der Waals surface area contributed by atoms with Gasteiger partial charge in [0.1, 0.15) is 11.5 Å². The summed E-state index contributed by atoms with van der Waals surface area (Å²) in [5.74, 6) is 0.281. The lowest BCUT2D eigenvalue weighted by Crippen LogP contribution is -2.08. The molecule has 0 spiro atoms. The van der Waals surface area contributed by atoms with E-state index in [-0.39, 0.29) is 21.6 Å². The van der Waals surface area contributed by atoms with Gasteiger partial charge < -0.3 is 5.73 Å². The summed E-state index contributed by atoms with van der Waals surface area (Å²) in [4.78, 5) is 0.724. The van der Waals surface area contributed by atoms with Crippen LogP contribution in [0.25, 0.3) is 5.69 Å². The van der Waals surface area contributed by atoms with Gasteiger partial charge in [-0.3, -0.25) is 0 Å². The monoisotopic (exact) mass is 355 g/mol. The number of anilines is 1. The van der Waals surface area contributed by atoms with Crippen molar-refractivity contribution in [2.24, 2.45) is 0 Å². The van der Waals surface area contributed by atoms with Crippen molar-refractivity contribution in [2.45, 2.75) is 18.0 Å². The maximum absolute atomic E-state index is 12.7. The largest absolute Gasteiger partial charge is 0.416 e. The number of nitrogens with two attached hydrogens (primary N) is 1. The van der Waals surface area contributed by atoms with Gasteiger partial charge in [0.25, 0.3) is 0 Å². The van der Waals surface area contributed by atoms with Crippen molar-refractivity contribution in [3.63, 3.8) is 0 Å². The summed E-state index contributed by atoms with van der Waals surface area (Å²) in [6, 6.07) is 1.61. The zero-order chi connectivity index (χ0) is 15.9. The Balaban J connectivity index is 2.66. The molecule has 2 rings (SSSR count). The van der Waals surface area contributed by atoms with Gasteiger partial charge in [0.2, 0.25) is 0 Å².